The van der Waals surface area contributed by atoms with Gasteiger partial charge in [0.15, 0.2) is 0 Å². The average Bonchev–Trinajstić information content (AvgIpc) is 2.15. The first-order valence-corrected chi connectivity index (χ1v) is 5.45. The largest absolute Gasteiger partial charge is 0.376 e. The molecule has 0 aromatic carbocycles. The molecule has 1 fully saturated rings. The van der Waals surface area contributed by atoms with E-state index < -0.39 is 0 Å². The number of rotatable bonds is 4. The van der Waals surface area contributed by atoms with Crippen molar-refractivity contribution in [2.45, 2.75) is 25.9 Å². The highest BCUT2D eigenvalue weighted by Crippen LogP contribution is 2.08. The first-order valence-electron chi connectivity index (χ1n) is 4.81. The SMILES string of the molecule is CCC1CN(CCCS)CCO1. The molecule has 1 saturated heterocycles. The number of morpholine rings is 1. The standard InChI is InChI=1S/C9H19NOS/c1-2-9-8-10(4-3-7-12)5-6-11-9/h9,12H,2-8H2,1H3. The smallest absolute Gasteiger partial charge is 0.0700 e. The van der Waals surface area contributed by atoms with E-state index in [-0.39, 0.29) is 0 Å². The van der Waals surface area contributed by atoms with Gasteiger partial charge in [0.05, 0.1) is 12.7 Å². The van der Waals surface area contributed by atoms with Crippen LogP contribution in [0, 0.1) is 0 Å². The Morgan fingerprint density at radius 1 is 1.58 bits per heavy atom. The summed E-state index contributed by atoms with van der Waals surface area (Å²) in [6.45, 7) is 6.50. The van der Waals surface area contributed by atoms with Crippen molar-refractivity contribution in [3.05, 3.63) is 0 Å². The van der Waals surface area contributed by atoms with Gasteiger partial charge in [-0.1, -0.05) is 6.92 Å². The second-order valence-corrected chi connectivity index (χ2v) is 3.73. The van der Waals surface area contributed by atoms with E-state index >= 15 is 0 Å². The molecule has 0 N–H and O–H groups in total. The quantitative estimate of drug-likeness (QED) is 0.671. The molecule has 0 aromatic rings. The summed E-state index contributed by atoms with van der Waals surface area (Å²) in [4.78, 5) is 2.48. The van der Waals surface area contributed by atoms with Crippen molar-refractivity contribution in [2.75, 3.05) is 32.0 Å². The number of thiol groups is 1. The van der Waals surface area contributed by atoms with E-state index in [2.05, 4.69) is 24.5 Å². The van der Waals surface area contributed by atoms with E-state index in [1.807, 2.05) is 0 Å². The molecular weight excluding hydrogens is 170 g/mol. The highest BCUT2D eigenvalue weighted by atomic mass is 32.1. The predicted molar refractivity (Wildman–Crippen MR) is 54.9 cm³/mol. The zero-order valence-corrected chi connectivity index (χ0v) is 8.72. The number of nitrogens with zero attached hydrogens (tertiary/aromatic N) is 1. The van der Waals surface area contributed by atoms with Crippen LogP contribution in [-0.2, 0) is 4.74 Å². The summed E-state index contributed by atoms with van der Waals surface area (Å²) in [5, 5.41) is 0. The van der Waals surface area contributed by atoms with E-state index in [1.54, 1.807) is 0 Å². The first kappa shape index (κ1) is 10.4. The lowest BCUT2D eigenvalue weighted by Gasteiger charge is -2.32. The molecule has 0 radical (unpaired) electrons. The summed E-state index contributed by atoms with van der Waals surface area (Å²) in [6, 6.07) is 0. The minimum absolute atomic E-state index is 0.471. The van der Waals surface area contributed by atoms with Gasteiger partial charge in [-0.2, -0.15) is 12.6 Å². The van der Waals surface area contributed by atoms with E-state index in [1.165, 1.54) is 13.0 Å². The van der Waals surface area contributed by atoms with Gasteiger partial charge in [-0.15, -0.1) is 0 Å². The lowest BCUT2D eigenvalue weighted by Crippen LogP contribution is -2.42. The molecular formula is C9H19NOS. The van der Waals surface area contributed by atoms with Crippen LogP contribution in [0.5, 0.6) is 0 Å². The van der Waals surface area contributed by atoms with Gasteiger partial charge in [-0.25, -0.2) is 0 Å². The maximum Gasteiger partial charge on any atom is 0.0700 e. The van der Waals surface area contributed by atoms with E-state index in [9.17, 15) is 0 Å². The van der Waals surface area contributed by atoms with Crippen LogP contribution in [-0.4, -0.2) is 43.0 Å². The summed E-state index contributed by atoms with van der Waals surface area (Å²) in [5.41, 5.74) is 0. The van der Waals surface area contributed by atoms with E-state index in [4.69, 9.17) is 4.74 Å². The van der Waals surface area contributed by atoms with Crippen LogP contribution >= 0.6 is 12.6 Å². The van der Waals surface area contributed by atoms with Crippen LogP contribution in [0.25, 0.3) is 0 Å². The Bertz CT molecular complexity index is 121. The van der Waals surface area contributed by atoms with Gasteiger partial charge in [0.1, 0.15) is 0 Å². The topological polar surface area (TPSA) is 12.5 Å². The molecule has 0 amide bonds. The Morgan fingerprint density at radius 2 is 2.42 bits per heavy atom. The van der Waals surface area contributed by atoms with Crippen molar-refractivity contribution < 1.29 is 4.74 Å². The maximum absolute atomic E-state index is 5.58. The minimum atomic E-state index is 0.471. The Morgan fingerprint density at radius 3 is 3.08 bits per heavy atom. The normalized spacial score (nSPS) is 26.0. The van der Waals surface area contributed by atoms with Crippen molar-refractivity contribution >= 4 is 12.6 Å². The van der Waals surface area contributed by atoms with Crippen LogP contribution in [0.3, 0.4) is 0 Å². The van der Waals surface area contributed by atoms with E-state index in [0.29, 0.717) is 6.10 Å². The highest BCUT2D eigenvalue weighted by Gasteiger charge is 2.17. The molecule has 3 heteroatoms. The van der Waals surface area contributed by atoms with Gasteiger partial charge < -0.3 is 4.74 Å². The molecule has 72 valence electrons. The molecule has 0 saturated carbocycles. The second kappa shape index (κ2) is 5.84. The Hall–Kier alpha value is 0.270. The molecule has 0 aliphatic carbocycles. The fraction of sp³-hybridized carbons (Fsp3) is 1.00. The third-order valence-electron chi connectivity index (χ3n) is 2.31. The van der Waals surface area contributed by atoms with Crippen LogP contribution in [0.4, 0.5) is 0 Å². The highest BCUT2D eigenvalue weighted by molar-refractivity contribution is 7.80. The van der Waals surface area contributed by atoms with E-state index in [0.717, 1.165) is 31.9 Å². The molecule has 1 atom stereocenters. The van der Waals surface area contributed by atoms with Crippen LogP contribution in [0.2, 0.25) is 0 Å². The molecule has 1 unspecified atom stereocenters. The predicted octanol–water partition coefficient (Wildman–Crippen LogP) is 1.42. The Balaban J connectivity index is 2.16. The summed E-state index contributed by atoms with van der Waals surface area (Å²) >= 11 is 4.21. The van der Waals surface area contributed by atoms with Gasteiger partial charge in [0.25, 0.3) is 0 Å². The minimum Gasteiger partial charge on any atom is -0.376 e. The van der Waals surface area contributed by atoms with Crippen LogP contribution < -0.4 is 0 Å². The first-order chi connectivity index (χ1) is 5.86. The zero-order chi connectivity index (χ0) is 8.81. The molecule has 12 heavy (non-hydrogen) atoms. The lowest BCUT2D eigenvalue weighted by molar-refractivity contribution is -0.0293. The van der Waals surface area contributed by atoms with Gasteiger partial charge in [-0.05, 0) is 25.1 Å². The van der Waals surface area contributed by atoms with Crippen molar-refractivity contribution in [3.8, 4) is 0 Å². The summed E-state index contributed by atoms with van der Waals surface area (Å²) in [6.07, 6.45) is 2.80. The Labute approximate surface area is 80.7 Å². The fourth-order valence-electron chi connectivity index (χ4n) is 1.52. The number of hydrogen-bond donors (Lipinski definition) is 1. The van der Waals surface area contributed by atoms with Crippen molar-refractivity contribution in [2.24, 2.45) is 0 Å². The maximum atomic E-state index is 5.58. The van der Waals surface area contributed by atoms with Gasteiger partial charge in [0, 0.05) is 13.1 Å². The average molecular weight is 189 g/mol. The lowest BCUT2D eigenvalue weighted by atomic mass is 10.2. The van der Waals surface area contributed by atoms with Crippen molar-refractivity contribution in [1.29, 1.82) is 0 Å². The summed E-state index contributed by atoms with van der Waals surface area (Å²) in [7, 11) is 0. The van der Waals surface area contributed by atoms with Crippen molar-refractivity contribution in [1.82, 2.24) is 4.90 Å². The summed E-state index contributed by atoms with van der Waals surface area (Å²) < 4.78 is 5.58. The molecule has 1 aliphatic rings. The Kier molecular flexibility index (Phi) is 5.04. The van der Waals surface area contributed by atoms with Gasteiger partial charge in [-0.3, -0.25) is 4.90 Å². The third-order valence-corrected chi connectivity index (χ3v) is 2.63. The van der Waals surface area contributed by atoms with Gasteiger partial charge in [0.2, 0.25) is 0 Å². The second-order valence-electron chi connectivity index (χ2n) is 3.28. The molecule has 1 heterocycles. The van der Waals surface area contributed by atoms with Crippen molar-refractivity contribution in [3.63, 3.8) is 0 Å². The number of ether oxygens (including phenoxy) is 1. The molecule has 1 aliphatic heterocycles. The summed E-state index contributed by atoms with van der Waals surface area (Å²) in [5.74, 6) is 0.994. The van der Waals surface area contributed by atoms with Crippen LogP contribution in [0.15, 0.2) is 0 Å². The van der Waals surface area contributed by atoms with Gasteiger partial charge >= 0.3 is 0 Å². The van der Waals surface area contributed by atoms with Crippen LogP contribution in [0.1, 0.15) is 19.8 Å². The molecule has 2 nitrogen and oxygen atoms in total. The monoisotopic (exact) mass is 189 g/mol. The molecule has 0 spiro atoms. The third kappa shape index (κ3) is 3.33. The molecule has 0 bridgehead atoms. The number of hydrogen-bond acceptors (Lipinski definition) is 3. The zero-order valence-electron chi connectivity index (χ0n) is 7.83. The fourth-order valence-corrected chi connectivity index (χ4v) is 1.67. The molecule has 1 rings (SSSR count). The molecule has 0 aromatic heterocycles.